The molecule has 0 radical (unpaired) electrons. The number of halogens is 1. The molecule has 0 unspecified atom stereocenters. The first-order valence-corrected chi connectivity index (χ1v) is 6.84. The summed E-state index contributed by atoms with van der Waals surface area (Å²) in [6, 6.07) is 14.7. The number of hydrogen-bond acceptors (Lipinski definition) is 3. The van der Waals surface area contributed by atoms with Gasteiger partial charge in [-0.2, -0.15) is 0 Å². The molecule has 5 heteroatoms. The van der Waals surface area contributed by atoms with Crippen LogP contribution in [-0.2, 0) is 9.53 Å². The van der Waals surface area contributed by atoms with E-state index in [0.29, 0.717) is 0 Å². The Morgan fingerprint density at radius 2 is 1.73 bits per heavy atom. The molecule has 114 valence electrons. The molecule has 22 heavy (non-hydrogen) atoms. The fourth-order valence-electron chi connectivity index (χ4n) is 1.94. The lowest BCUT2D eigenvalue weighted by Gasteiger charge is -2.14. The topological polar surface area (TPSA) is 55.4 Å². The zero-order chi connectivity index (χ0) is 15.9. The van der Waals surface area contributed by atoms with Crippen LogP contribution in [0.4, 0.5) is 4.39 Å². The van der Waals surface area contributed by atoms with Crippen molar-refractivity contribution in [1.82, 2.24) is 5.32 Å². The minimum Gasteiger partial charge on any atom is -0.452 e. The summed E-state index contributed by atoms with van der Waals surface area (Å²) in [6.07, 6.45) is 0. The van der Waals surface area contributed by atoms with Gasteiger partial charge in [-0.1, -0.05) is 42.5 Å². The molecule has 0 saturated carbocycles. The first-order valence-electron chi connectivity index (χ1n) is 6.84. The number of ether oxygens (including phenoxy) is 1. The third-order valence-electron chi connectivity index (χ3n) is 3.11. The smallest absolute Gasteiger partial charge is 0.341 e. The Morgan fingerprint density at radius 1 is 1.09 bits per heavy atom. The lowest BCUT2D eigenvalue weighted by molar-refractivity contribution is -0.124. The van der Waals surface area contributed by atoms with E-state index in [-0.39, 0.29) is 11.6 Å². The first-order chi connectivity index (χ1) is 10.6. The normalized spacial score (nSPS) is 11.5. The van der Waals surface area contributed by atoms with Crippen molar-refractivity contribution < 1.29 is 18.7 Å². The third-order valence-corrected chi connectivity index (χ3v) is 3.11. The molecular weight excluding hydrogens is 285 g/mol. The summed E-state index contributed by atoms with van der Waals surface area (Å²) in [4.78, 5) is 23.4. The number of nitrogens with one attached hydrogen (secondary N) is 1. The van der Waals surface area contributed by atoms with E-state index in [4.69, 9.17) is 4.74 Å². The Hall–Kier alpha value is -2.69. The maximum absolute atomic E-state index is 13.4. The predicted octanol–water partition coefficient (Wildman–Crippen LogP) is 2.86. The molecule has 1 atom stereocenters. The van der Waals surface area contributed by atoms with E-state index < -0.39 is 24.3 Å². The summed E-state index contributed by atoms with van der Waals surface area (Å²) >= 11 is 0. The molecule has 2 rings (SSSR count). The second kappa shape index (κ2) is 7.36. The molecule has 0 aliphatic carbocycles. The Kier molecular flexibility index (Phi) is 5.25. The number of hydrogen-bond donors (Lipinski definition) is 1. The highest BCUT2D eigenvalue weighted by Crippen LogP contribution is 2.11. The molecular formula is C17H16FNO3. The van der Waals surface area contributed by atoms with Gasteiger partial charge in [-0.05, 0) is 24.6 Å². The molecule has 0 saturated heterocycles. The van der Waals surface area contributed by atoms with Crippen LogP contribution in [0.15, 0.2) is 54.6 Å². The molecule has 1 amide bonds. The Bertz CT molecular complexity index is 658. The summed E-state index contributed by atoms with van der Waals surface area (Å²) in [7, 11) is 0. The van der Waals surface area contributed by atoms with Gasteiger partial charge >= 0.3 is 5.97 Å². The fourth-order valence-corrected chi connectivity index (χ4v) is 1.94. The predicted molar refractivity (Wildman–Crippen MR) is 79.7 cm³/mol. The molecule has 2 aromatic rings. The summed E-state index contributed by atoms with van der Waals surface area (Å²) in [5.41, 5.74) is 0.752. The quantitative estimate of drug-likeness (QED) is 0.864. The Labute approximate surface area is 127 Å². The van der Waals surface area contributed by atoms with Crippen molar-refractivity contribution in [2.75, 3.05) is 6.61 Å². The van der Waals surface area contributed by atoms with Crippen LogP contribution in [0.3, 0.4) is 0 Å². The van der Waals surface area contributed by atoms with Crippen molar-refractivity contribution in [3.05, 3.63) is 71.5 Å². The van der Waals surface area contributed by atoms with Gasteiger partial charge in [0.05, 0.1) is 11.6 Å². The van der Waals surface area contributed by atoms with Crippen LogP contribution in [0, 0.1) is 5.82 Å². The average molecular weight is 301 g/mol. The van der Waals surface area contributed by atoms with Crippen LogP contribution in [0.25, 0.3) is 0 Å². The van der Waals surface area contributed by atoms with Crippen molar-refractivity contribution >= 4 is 11.9 Å². The van der Waals surface area contributed by atoms with Crippen molar-refractivity contribution in [1.29, 1.82) is 0 Å². The fraction of sp³-hybridized carbons (Fsp3) is 0.176. The molecule has 0 heterocycles. The van der Waals surface area contributed by atoms with Crippen molar-refractivity contribution in [2.45, 2.75) is 13.0 Å². The standard InChI is InChI=1S/C17H16FNO3/c1-12(13-7-3-2-4-8-13)19-16(20)11-22-17(21)14-9-5-6-10-15(14)18/h2-10,12H,11H2,1H3,(H,19,20)/t12-/m0/s1. The largest absolute Gasteiger partial charge is 0.452 e. The molecule has 0 fully saturated rings. The second-order valence-electron chi connectivity index (χ2n) is 4.76. The monoisotopic (exact) mass is 301 g/mol. The number of amides is 1. The van der Waals surface area contributed by atoms with Crippen LogP contribution in [-0.4, -0.2) is 18.5 Å². The molecule has 0 bridgehead atoms. The van der Waals surface area contributed by atoms with Gasteiger partial charge in [0, 0.05) is 0 Å². The van der Waals surface area contributed by atoms with Gasteiger partial charge in [0.15, 0.2) is 6.61 Å². The second-order valence-corrected chi connectivity index (χ2v) is 4.76. The third kappa shape index (κ3) is 4.15. The van der Waals surface area contributed by atoms with Crippen LogP contribution in [0.5, 0.6) is 0 Å². The van der Waals surface area contributed by atoms with Crippen LogP contribution < -0.4 is 5.32 Å². The minimum atomic E-state index is -0.861. The average Bonchev–Trinajstić information content (AvgIpc) is 2.54. The van der Waals surface area contributed by atoms with E-state index in [0.717, 1.165) is 11.6 Å². The van der Waals surface area contributed by atoms with Crippen molar-refractivity contribution in [3.8, 4) is 0 Å². The van der Waals surface area contributed by atoms with Crippen molar-refractivity contribution in [3.63, 3.8) is 0 Å². The molecule has 4 nitrogen and oxygen atoms in total. The van der Waals surface area contributed by atoms with Gasteiger partial charge in [0.25, 0.3) is 5.91 Å². The van der Waals surface area contributed by atoms with Crippen molar-refractivity contribution in [2.24, 2.45) is 0 Å². The van der Waals surface area contributed by atoms with Crippen LogP contribution in [0.2, 0.25) is 0 Å². The maximum atomic E-state index is 13.4. The lowest BCUT2D eigenvalue weighted by atomic mass is 10.1. The highest BCUT2D eigenvalue weighted by molar-refractivity contribution is 5.91. The first kappa shape index (κ1) is 15.7. The van der Waals surface area contributed by atoms with E-state index in [1.807, 2.05) is 37.3 Å². The molecule has 0 aliphatic heterocycles. The minimum absolute atomic E-state index is 0.189. The van der Waals surface area contributed by atoms with E-state index in [1.165, 1.54) is 18.2 Å². The van der Waals surface area contributed by atoms with E-state index in [1.54, 1.807) is 0 Å². The number of carbonyl (C=O) groups is 2. The van der Waals surface area contributed by atoms with Gasteiger partial charge in [-0.15, -0.1) is 0 Å². The molecule has 0 spiro atoms. The highest BCUT2D eigenvalue weighted by Gasteiger charge is 2.15. The maximum Gasteiger partial charge on any atom is 0.341 e. The van der Waals surface area contributed by atoms with Gasteiger partial charge in [0.1, 0.15) is 5.82 Å². The number of benzene rings is 2. The summed E-state index contributed by atoms with van der Waals surface area (Å²) in [5, 5.41) is 2.71. The van der Waals surface area contributed by atoms with Crippen LogP contribution in [0.1, 0.15) is 28.9 Å². The lowest BCUT2D eigenvalue weighted by Crippen LogP contribution is -2.31. The van der Waals surface area contributed by atoms with E-state index >= 15 is 0 Å². The Balaban J connectivity index is 1.85. The van der Waals surface area contributed by atoms with Gasteiger partial charge < -0.3 is 10.1 Å². The number of rotatable bonds is 5. The van der Waals surface area contributed by atoms with E-state index in [9.17, 15) is 14.0 Å². The zero-order valence-corrected chi connectivity index (χ0v) is 12.1. The molecule has 0 aliphatic rings. The highest BCUT2D eigenvalue weighted by atomic mass is 19.1. The molecule has 0 aromatic heterocycles. The summed E-state index contributed by atoms with van der Waals surface area (Å²) < 4.78 is 18.2. The van der Waals surface area contributed by atoms with Gasteiger partial charge in [-0.3, -0.25) is 4.79 Å². The number of esters is 1. The van der Waals surface area contributed by atoms with Crippen LogP contribution >= 0.6 is 0 Å². The van der Waals surface area contributed by atoms with Gasteiger partial charge in [-0.25, -0.2) is 9.18 Å². The van der Waals surface area contributed by atoms with Gasteiger partial charge in [0.2, 0.25) is 0 Å². The van der Waals surface area contributed by atoms with E-state index in [2.05, 4.69) is 5.32 Å². The number of carbonyl (C=O) groups excluding carboxylic acids is 2. The molecule has 1 N–H and O–H groups in total. The SMILES string of the molecule is C[C@H](NC(=O)COC(=O)c1ccccc1F)c1ccccc1. The summed E-state index contributed by atoms with van der Waals surface area (Å²) in [6.45, 7) is 1.37. The Morgan fingerprint density at radius 3 is 2.41 bits per heavy atom. The molecule has 2 aromatic carbocycles. The zero-order valence-electron chi connectivity index (χ0n) is 12.1. The summed E-state index contributed by atoms with van der Waals surface area (Å²) in [5.74, 6) is -1.98.